The Labute approximate surface area is 208 Å². The van der Waals surface area contributed by atoms with Crippen LogP contribution in [0.15, 0.2) is 102 Å². The molecule has 7 heteroatoms. The van der Waals surface area contributed by atoms with Crippen LogP contribution in [0.4, 0.5) is 5.69 Å². The van der Waals surface area contributed by atoms with Gasteiger partial charge in [0.05, 0.1) is 5.25 Å². The lowest BCUT2D eigenvalue weighted by Gasteiger charge is -2.15. The second kappa shape index (κ2) is 10.5. The monoisotopic (exact) mass is 479 g/mol. The third-order valence-electron chi connectivity index (χ3n) is 5.80. The van der Waals surface area contributed by atoms with Crippen molar-refractivity contribution in [2.45, 2.75) is 30.3 Å². The molecule has 0 spiro atoms. The minimum atomic E-state index is -0.365. The van der Waals surface area contributed by atoms with E-state index >= 15 is 0 Å². The molecule has 0 saturated heterocycles. The lowest BCUT2D eigenvalue weighted by molar-refractivity contribution is -0.115. The topological polar surface area (TPSA) is 72.7 Å². The summed E-state index contributed by atoms with van der Waals surface area (Å²) in [5.74, 6) is 0.671. The highest BCUT2D eigenvalue weighted by atomic mass is 32.2. The first kappa shape index (κ1) is 22.8. The van der Waals surface area contributed by atoms with Gasteiger partial charge in [0.15, 0.2) is 11.0 Å². The van der Waals surface area contributed by atoms with Gasteiger partial charge in [0.1, 0.15) is 0 Å². The molecule has 0 aliphatic heterocycles. The lowest BCUT2D eigenvalue weighted by atomic mass is 10.1. The molecule has 2 heterocycles. The van der Waals surface area contributed by atoms with Gasteiger partial charge < -0.3 is 9.88 Å². The van der Waals surface area contributed by atoms with Crippen LogP contribution in [-0.4, -0.2) is 30.9 Å². The van der Waals surface area contributed by atoms with E-state index in [1.807, 2.05) is 79.7 Å². The zero-order valence-corrected chi connectivity index (χ0v) is 20.2. The highest BCUT2D eigenvalue weighted by molar-refractivity contribution is 8.00. The van der Waals surface area contributed by atoms with E-state index in [0.29, 0.717) is 11.7 Å². The Morgan fingerprint density at radius 3 is 2.57 bits per heavy atom. The summed E-state index contributed by atoms with van der Waals surface area (Å²) < 4.78 is 2.08. The van der Waals surface area contributed by atoms with Crippen LogP contribution in [0.1, 0.15) is 12.5 Å². The van der Waals surface area contributed by atoms with Crippen LogP contribution in [0.2, 0.25) is 0 Å². The van der Waals surface area contributed by atoms with Gasteiger partial charge in [0.2, 0.25) is 5.91 Å². The number of hydrogen-bond acceptors (Lipinski definition) is 5. The van der Waals surface area contributed by atoms with Crippen LogP contribution < -0.4 is 5.32 Å². The normalized spacial score (nSPS) is 11.9. The number of carbonyl (C=O) groups is 1. The van der Waals surface area contributed by atoms with Crippen LogP contribution in [0.25, 0.3) is 22.2 Å². The minimum Gasteiger partial charge on any atom is -0.325 e. The third kappa shape index (κ3) is 5.25. The standard InChI is InChI=1S/C28H25N5OS/c1-20(27(34)30-25-15-7-12-22-11-5-6-14-24(22)25)35-28-32-31-26(23-13-8-17-29-19-23)33(28)18-16-21-9-3-2-4-10-21/h2-15,17,19-20H,16,18H2,1H3,(H,30,34). The number of aromatic nitrogens is 4. The van der Waals surface area contributed by atoms with E-state index in [0.717, 1.165) is 34.3 Å². The molecule has 2 aromatic heterocycles. The Bertz CT molecular complexity index is 1430. The first-order valence-corrected chi connectivity index (χ1v) is 12.4. The first-order chi connectivity index (χ1) is 17.2. The Hall–Kier alpha value is -3.97. The van der Waals surface area contributed by atoms with Gasteiger partial charge in [-0.2, -0.15) is 0 Å². The van der Waals surface area contributed by atoms with Gasteiger partial charge in [-0.25, -0.2) is 0 Å². The summed E-state index contributed by atoms with van der Waals surface area (Å²) in [5, 5.41) is 14.5. The highest BCUT2D eigenvalue weighted by Crippen LogP contribution is 2.29. The maximum Gasteiger partial charge on any atom is 0.237 e. The van der Waals surface area contributed by atoms with Gasteiger partial charge in [-0.15, -0.1) is 10.2 Å². The molecule has 35 heavy (non-hydrogen) atoms. The van der Waals surface area contributed by atoms with E-state index in [4.69, 9.17) is 0 Å². The summed E-state index contributed by atoms with van der Waals surface area (Å²) in [5.41, 5.74) is 2.94. The summed E-state index contributed by atoms with van der Waals surface area (Å²) in [6.07, 6.45) is 4.36. The summed E-state index contributed by atoms with van der Waals surface area (Å²) in [4.78, 5) is 17.4. The molecule has 1 N–H and O–H groups in total. The van der Waals surface area contributed by atoms with Crippen molar-refractivity contribution in [1.82, 2.24) is 19.7 Å². The molecule has 6 nitrogen and oxygen atoms in total. The number of hydrogen-bond donors (Lipinski definition) is 1. The van der Waals surface area contributed by atoms with Crippen molar-refractivity contribution in [2.24, 2.45) is 0 Å². The first-order valence-electron chi connectivity index (χ1n) is 11.5. The maximum atomic E-state index is 13.1. The second-order valence-corrected chi connectivity index (χ2v) is 9.52. The smallest absolute Gasteiger partial charge is 0.237 e. The van der Waals surface area contributed by atoms with Crippen molar-refractivity contribution in [3.63, 3.8) is 0 Å². The SMILES string of the molecule is CC(Sc1nnc(-c2cccnc2)n1CCc1ccccc1)C(=O)Nc1cccc2ccccc12. The molecule has 1 amide bonds. The van der Waals surface area contributed by atoms with Crippen molar-refractivity contribution in [3.8, 4) is 11.4 Å². The van der Waals surface area contributed by atoms with Gasteiger partial charge in [-0.1, -0.05) is 78.5 Å². The number of fused-ring (bicyclic) bond motifs is 1. The molecule has 1 unspecified atom stereocenters. The second-order valence-electron chi connectivity index (χ2n) is 8.21. The fourth-order valence-electron chi connectivity index (χ4n) is 3.95. The number of rotatable bonds is 8. The zero-order valence-electron chi connectivity index (χ0n) is 19.3. The molecule has 5 rings (SSSR count). The summed E-state index contributed by atoms with van der Waals surface area (Å²) >= 11 is 1.41. The average Bonchev–Trinajstić information content (AvgIpc) is 3.31. The van der Waals surface area contributed by atoms with Gasteiger partial charge in [-0.3, -0.25) is 9.78 Å². The van der Waals surface area contributed by atoms with Gasteiger partial charge in [0.25, 0.3) is 0 Å². The molecule has 0 fully saturated rings. The van der Waals surface area contributed by atoms with E-state index < -0.39 is 0 Å². The number of aryl methyl sites for hydroxylation is 1. The van der Waals surface area contributed by atoms with Crippen molar-refractivity contribution in [2.75, 3.05) is 5.32 Å². The van der Waals surface area contributed by atoms with E-state index in [1.54, 1.807) is 12.4 Å². The molecule has 5 aromatic rings. The average molecular weight is 480 g/mol. The molecule has 0 aliphatic rings. The van der Waals surface area contributed by atoms with Crippen LogP contribution in [0.3, 0.4) is 0 Å². The Morgan fingerprint density at radius 1 is 0.943 bits per heavy atom. The molecule has 0 saturated carbocycles. The van der Waals surface area contributed by atoms with Crippen molar-refractivity contribution >= 4 is 34.1 Å². The molecular weight excluding hydrogens is 454 g/mol. The largest absolute Gasteiger partial charge is 0.325 e. The van der Waals surface area contributed by atoms with Gasteiger partial charge >= 0.3 is 0 Å². The van der Waals surface area contributed by atoms with Crippen molar-refractivity contribution < 1.29 is 4.79 Å². The van der Waals surface area contributed by atoms with E-state index in [-0.39, 0.29) is 11.2 Å². The third-order valence-corrected chi connectivity index (χ3v) is 6.88. The van der Waals surface area contributed by atoms with Crippen molar-refractivity contribution in [1.29, 1.82) is 0 Å². The number of nitrogens with zero attached hydrogens (tertiary/aromatic N) is 4. The molecular formula is C28H25N5OS. The molecule has 1 atom stereocenters. The predicted molar refractivity (Wildman–Crippen MR) is 141 cm³/mol. The molecule has 0 bridgehead atoms. The Morgan fingerprint density at radius 2 is 1.74 bits per heavy atom. The summed E-state index contributed by atoms with van der Waals surface area (Å²) in [7, 11) is 0. The van der Waals surface area contributed by atoms with Crippen LogP contribution in [-0.2, 0) is 17.8 Å². The molecule has 0 radical (unpaired) electrons. The summed E-state index contributed by atoms with van der Waals surface area (Å²) in [6, 6.07) is 28.1. The maximum absolute atomic E-state index is 13.1. The predicted octanol–water partition coefficient (Wildman–Crippen LogP) is 5.86. The number of nitrogens with one attached hydrogen (secondary N) is 1. The molecule has 0 aliphatic carbocycles. The zero-order chi connectivity index (χ0) is 24.0. The van der Waals surface area contributed by atoms with E-state index in [9.17, 15) is 4.79 Å². The van der Waals surface area contributed by atoms with Crippen LogP contribution in [0.5, 0.6) is 0 Å². The number of amides is 1. The number of pyridine rings is 1. The Kier molecular flexibility index (Phi) is 6.86. The van der Waals surface area contributed by atoms with Crippen molar-refractivity contribution in [3.05, 3.63) is 103 Å². The van der Waals surface area contributed by atoms with Crippen LogP contribution in [0, 0.1) is 0 Å². The van der Waals surface area contributed by atoms with Crippen LogP contribution >= 0.6 is 11.8 Å². The Balaban J connectivity index is 1.37. The van der Waals surface area contributed by atoms with E-state index in [1.165, 1.54) is 17.3 Å². The molecule has 3 aromatic carbocycles. The van der Waals surface area contributed by atoms with E-state index in [2.05, 4.69) is 37.2 Å². The number of thioether (sulfide) groups is 1. The quantitative estimate of drug-likeness (QED) is 0.282. The summed E-state index contributed by atoms with van der Waals surface area (Å²) in [6.45, 7) is 2.59. The van der Waals surface area contributed by atoms with Gasteiger partial charge in [0, 0.05) is 35.6 Å². The number of anilines is 1. The molecule has 174 valence electrons. The lowest BCUT2D eigenvalue weighted by Crippen LogP contribution is -2.23. The fourth-order valence-corrected chi connectivity index (χ4v) is 4.83. The highest BCUT2D eigenvalue weighted by Gasteiger charge is 2.21. The fraction of sp³-hybridized carbons (Fsp3) is 0.143. The number of benzene rings is 3. The number of carbonyl (C=O) groups excluding carboxylic acids is 1. The van der Waals surface area contributed by atoms with Gasteiger partial charge in [-0.05, 0) is 42.5 Å². The minimum absolute atomic E-state index is 0.0770.